The fourth-order valence-electron chi connectivity index (χ4n) is 4.31. The first-order chi connectivity index (χ1) is 14.5. The minimum atomic E-state index is -1.02. The van der Waals surface area contributed by atoms with E-state index in [4.69, 9.17) is 0 Å². The summed E-state index contributed by atoms with van der Waals surface area (Å²) in [5.74, 6) is -1.10. The summed E-state index contributed by atoms with van der Waals surface area (Å²) in [6.07, 6.45) is 0. The van der Waals surface area contributed by atoms with Crippen LogP contribution in [0.4, 0.5) is 11.4 Å². The van der Waals surface area contributed by atoms with Crippen LogP contribution in [0.3, 0.4) is 0 Å². The van der Waals surface area contributed by atoms with Crippen LogP contribution in [0.25, 0.3) is 0 Å². The van der Waals surface area contributed by atoms with Gasteiger partial charge in [-0.05, 0) is 65.8 Å². The Bertz CT molecular complexity index is 1190. The lowest BCUT2D eigenvalue weighted by atomic mass is 9.76. The van der Waals surface area contributed by atoms with Gasteiger partial charge in [-0.15, -0.1) is 0 Å². The van der Waals surface area contributed by atoms with Crippen molar-refractivity contribution in [2.45, 2.75) is 45.4 Å². The molecule has 1 atom stereocenters. The summed E-state index contributed by atoms with van der Waals surface area (Å²) in [6.45, 7) is 10.4. The number of carbonyl (C=O) groups is 2. The van der Waals surface area contributed by atoms with Gasteiger partial charge in [0.15, 0.2) is 0 Å². The monoisotopic (exact) mass is 413 g/mol. The summed E-state index contributed by atoms with van der Waals surface area (Å²) in [5, 5.41) is 9.43. The molecule has 0 spiro atoms. The van der Waals surface area contributed by atoms with E-state index in [1.165, 1.54) is 11.6 Å². The van der Waals surface area contributed by atoms with Gasteiger partial charge in [0, 0.05) is 5.69 Å². The molecule has 0 fully saturated rings. The van der Waals surface area contributed by atoms with Gasteiger partial charge >= 0.3 is 5.97 Å². The largest absolute Gasteiger partial charge is 0.478 e. The number of anilines is 2. The molecule has 1 aliphatic rings. The zero-order valence-corrected chi connectivity index (χ0v) is 18.6. The number of benzene rings is 3. The third-order valence-electron chi connectivity index (χ3n) is 6.24. The van der Waals surface area contributed by atoms with Crippen molar-refractivity contribution in [2.24, 2.45) is 0 Å². The molecule has 3 aromatic rings. The third kappa shape index (κ3) is 3.32. The number of amides is 1. The number of fused-ring (bicyclic) bond motifs is 1. The number of hydrogen-bond acceptors (Lipinski definition) is 2. The van der Waals surface area contributed by atoms with E-state index in [1.54, 1.807) is 23.1 Å². The maximum Gasteiger partial charge on any atom is 0.335 e. The van der Waals surface area contributed by atoms with Gasteiger partial charge in [-0.1, -0.05) is 63.2 Å². The van der Waals surface area contributed by atoms with Crippen molar-refractivity contribution in [3.05, 3.63) is 94.5 Å². The normalized spacial score (nSPS) is 18.2. The summed E-state index contributed by atoms with van der Waals surface area (Å²) >= 11 is 0. The molecule has 31 heavy (non-hydrogen) atoms. The lowest BCUT2D eigenvalue weighted by Gasteiger charge is -2.27. The van der Waals surface area contributed by atoms with Crippen LogP contribution in [0, 0.1) is 6.92 Å². The molecule has 4 rings (SSSR count). The van der Waals surface area contributed by atoms with Crippen LogP contribution in [-0.2, 0) is 15.6 Å². The topological polar surface area (TPSA) is 57.6 Å². The minimum absolute atomic E-state index is 0.0252. The van der Waals surface area contributed by atoms with E-state index < -0.39 is 11.4 Å². The number of rotatable bonds is 3. The highest BCUT2D eigenvalue weighted by atomic mass is 16.4. The number of nitrogens with zero attached hydrogens (tertiary/aromatic N) is 1. The molecule has 3 aromatic carbocycles. The smallest absolute Gasteiger partial charge is 0.335 e. The van der Waals surface area contributed by atoms with Gasteiger partial charge in [-0.25, -0.2) is 4.79 Å². The molecule has 0 bridgehead atoms. The number of carboxylic acid groups (broad SMARTS) is 1. The fraction of sp³-hybridized carbons (Fsp3) is 0.259. The van der Waals surface area contributed by atoms with E-state index in [0.29, 0.717) is 5.69 Å². The molecule has 1 amide bonds. The maximum absolute atomic E-state index is 13.9. The minimum Gasteiger partial charge on any atom is -0.478 e. The molecule has 1 heterocycles. The Hall–Kier alpha value is -3.40. The van der Waals surface area contributed by atoms with Gasteiger partial charge in [0.05, 0.1) is 16.7 Å². The standard InChI is InChI=1S/C27H27NO3/c1-17-9-14-22-23(15-17)28(21-8-6-7-18(16-21)24(29)30)25(31)27(22,5)20-12-10-19(11-13-20)26(2,3)4/h6-16H,1-5H3,(H,29,30). The summed E-state index contributed by atoms with van der Waals surface area (Å²) in [4.78, 5) is 27.1. The SMILES string of the molecule is Cc1ccc2c(c1)N(c1cccc(C(=O)O)c1)C(=O)C2(C)c1ccc(C(C)(C)C)cc1. The van der Waals surface area contributed by atoms with Crippen molar-refractivity contribution in [3.8, 4) is 0 Å². The van der Waals surface area contributed by atoms with Crippen LogP contribution in [-0.4, -0.2) is 17.0 Å². The average molecular weight is 414 g/mol. The highest BCUT2D eigenvalue weighted by Gasteiger charge is 2.49. The summed E-state index contributed by atoms with van der Waals surface area (Å²) in [7, 11) is 0. The quantitative estimate of drug-likeness (QED) is 0.575. The number of carboxylic acids is 1. The molecular weight excluding hydrogens is 386 g/mol. The first-order valence-electron chi connectivity index (χ1n) is 10.4. The Kier molecular flexibility index (Phi) is 4.77. The number of aryl methyl sites for hydroxylation is 1. The first-order valence-corrected chi connectivity index (χ1v) is 10.4. The van der Waals surface area contributed by atoms with Crippen molar-refractivity contribution in [1.29, 1.82) is 0 Å². The zero-order valence-electron chi connectivity index (χ0n) is 18.6. The number of aromatic carboxylic acids is 1. The highest BCUT2D eigenvalue weighted by molar-refractivity contribution is 6.15. The van der Waals surface area contributed by atoms with Gasteiger partial charge in [0.1, 0.15) is 0 Å². The summed E-state index contributed by atoms with van der Waals surface area (Å²) in [6, 6.07) is 20.8. The highest BCUT2D eigenvalue weighted by Crippen LogP contribution is 2.49. The molecule has 158 valence electrons. The molecule has 1 N–H and O–H groups in total. The molecule has 0 aromatic heterocycles. The van der Waals surface area contributed by atoms with Crippen molar-refractivity contribution in [2.75, 3.05) is 4.90 Å². The molecule has 1 unspecified atom stereocenters. The van der Waals surface area contributed by atoms with Crippen LogP contribution in [0.1, 0.15) is 60.3 Å². The van der Waals surface area contributed by atoms with Crippen LogP contribution in [0.5, 0.6) is 0 Å². The predicted molar refractivity (Wildman–Crippen MR) is 123 cm³/mol. The Morgan fingerprint density at radius 1 is 0.968 bits per heavy atom. The van der Waals surface area contributed by atoms with Crippen molar-refractivity contribution < 1.29 is 14.7 Å². The van der Waals surface area contributed by atoms with E-state index in [-0.39, 0.29) is 16.9 Å². The lowest BCUT2D eigenvalue weighted by Crippen LogP contribution is -2.36. The molecule has 4 heteroatoms. The van der Waals surface area contributed by atoms with E-state index in [0.717, 1.165) is 22.4 Å². The molecule has 1 aliphatic heterocycles. The van der Waals surface area contributed by atoms with Crippen molar-refractivity contribution in [3.63, 3.8) is 0 Å². The van der Waals surface area contributed by atoms with Crippen LogP contribution >= 0.6 is 0 Å². The Morgan fingerprint density at radius 2 is 1.65 bits per heavy atom. The van der Waals surface area contributed by atoms with E-state index in [9.17, 15) is 14.7 Å². The second kappa shape index (κ2) is 7.09. The summed E-state index contributed by atoms with van der Waals surface area (Å²) < 4.78 is 0. The molecule has 0 saturated heterocycles. The molecule has 0 radical (unpaired) electrons. The maximum atomic E-state index is 13.9. The molecule has 0 saturated carbocycles. The van der Waals surface area contributed by atoms with E-state index in [2.05, 4.69) is 32.9 Å². The molecule has 0 aliphatic carbocycles. The van der Waals surface area contributed by atoms with Gasteiger partial charge in [0.25, 0.3) is 0 Å². The Balaban J connectivity index is 1.89. The summed E-state index contributed by atoms with van der Waals surface area (Å²) in [5.41, 5.74) is 4.78. The second-order valence-corrected chi connectivity index (χ2v) is 9.47. The first kappa shape index (κ1) is 20.9. The van der Waals surface area contributed by atoms with Crippen LogP contribution in [0.15, 0.2) is 66.7 Å². The Labute approximate surface area is 183 Å². The lowest BCUT2D eigenvalue weighted by molar-refractivity contribution is -0.120. The van der Waals surface area contributed by atoms with Gasteiger partial charge in [-0.2, -0.15) is 0 Å². The molecule has 4 nitrogen and oxygen atoms in total. The molecular formula is C27H27NO3. The van der Waals surface area contributed by atoms with Crippen molar-refractivity contribution in [1.82, 2.24) is 0 Å². The second-order valence-electron chi connectivity index (χ2n) is 9.47. The van der Waals surface area contributed by atoms with Crippen LogP contribution < -0.4 is 4.90 Å². The zero-order chi connectivity index (χ0) is 22.6. The van der Waals surface area contributed by atoms with Crippen LogP contribution in [0.2, 0.25) is 0 Å². The number of carbonyl (C=O) groups excluding carboxylic acids is 1. The third-order valence-corrected chi connectivity index (χ3v) is 6.24. The van der Waals surface area contributed by atoms with E-state index >= 15 is 0 Å². The Morgan fingerprint density at radius 3 is 2.26 bits per heavy atom. The number of hydrogen-bond donors (Lipinski definition) is 1. The average Bonchev–Trinajstić information content (AvgIpc) is 2.95. The van der Waals surface area contributed by atoms with Gasteiger partial charge in [0.2, 0.25) is 5.91 Å². The van der Waals surface area contributed by atoms with Gasteiger partial charge in [-0.3, -0.25) is 9.69 Å². The fourth-order valence-corrected chi connectivity index (χ4v) is 4.31. The van der Waals surface area contributed by atoms with Gasteiger partial charge < -0.3 is 5.11 Å². The van der Waals surface area contributed by atoms with Crippen molar-refractivity contribution >= 4 is 23.3 Å². The van der Waals surface area contributed by atoms with E-state index in [1.807, 2.05) is 44.2 Å². The predicted octanol–water partition coefficient (Wildman–Crippen LogP) is 5.98.